The zero-order valence-corrected chi connectivity index (χ0v) is 21.7. The Hall–Kier alpha value is -0.900. The number of nitrogens with zero attached hydrogens (tertiary/aromatic N) is 2. The van der Waals surface area contributed by atoms with Gasteiger partial charge < -0.3 is 15.4 Å². The van der Waals surface area contributed by atoms with Gasteiger partial charge in [-0.05, 0) is 43.9 Å². The van der Waals surface area contributed by atoms with E-state index in [9.17, 15) is 0 Å². The van der Waals surface area contributed by atoms with Gasteiger partial charge in [-0.3, -0.25) is 4.99 Å². The molecule has 0 unspecified atom stereocenters. The molecule has 0 bridgehead atoms. The monoisotopic (exact) mass is 562 g/mol. The third kappa shape index (κ3) is 7.07. The summed E-state index contributed by atoms with van der Waals surface area (Å²) < 4.78 is 5.64. The highest BCUT2D eigenvalue weighted by atomic mass is 127. The van der Waals surface area contributed by atoms with E-state index in [-0.39, 0.29) is 29.4 Å². The van der Waals surface area contributed by atoms with Crippen molar-refractivity contribution >= 4 is 52.9 Å². The molecule has 0 spiro atoms. The summed E-state index contributed by atoms with van der Waals surface area (Å²) in [5, 5.41) is 8.78. The van der Waals surface area contributed by atoms with Crippen LogP contribution in [0.5, 0.6) is 0 Å². The van der Waals surface area contributed by atoms with E-state index in [1.54, 1.807) is 11.3 Å². The first-order valence-electron chi connectivity index (χ1n) is 10.4. The molecule has 2 aromatic rings. The highest BCUT2D eigenvalue weighted by molar-refractivity contribution is 14.0. The standard InChI is InChI=1S/C22H31ClN4OS.HI/c1-3-19-15-26-20(29-19)8-11-25-21(24-4-2)27-16-22(9-12-28-13-10-22)17-6-5-7-18(23)14-17;/h5-7,14-15H,3-4,8-13,16H2,1-2H3,(H2,24,25,27);1H. The molecule has 0 radical (unpaired) electrons. The number of aromatic nitrogens is 1. The van der Waals surface area contributed by atoms with Crippen LogP contribution in [-0.4, -0.2) is 43.8 Å². The van der Waals surface area contributed by atoms with Gasteiger partial charge in [0.1, 0.15) is 0 Å². The first kappa shape index (κ1) is 25.4. The van der Waals surface area contributed by atoms with E-state index in [1.807, 2.05) is 18.3 Å². The Morgan fingerprint density at radius 1 is 1.27 bits per heavy atom. The molecule has 166 valence electrons. The summed E-state index contributed by atoms with van der Waals surface area (Å²) in [6.45, 7) is 8.13. The number of thiazole rings is 1. The fourth-order valence-electron chi connectivity index (χ4n) is 3.61. The number of nitrogens with one attached hydrogen (secondary N) is 2. The Kier molecular flexibility index (Phi) is 10.8. The van der Waals surface area contributed by atoms with Crippen LogP contribution in [-0.2, 0) is 23.0 Å². The largest absolute Gasteiger partial charge is 0.381 e. The summed E-state index contributed by atoms with van der Waals surface area (Å²) in [5.74, 6) is 0.854. The van der Waals surface area contributed by atoms with Crippen LogP contribution in [0.25, 0.3) is 0 Å². The van der Waals surface area contributed by atoms with Crippen LogP contribution < -0.4 is 10.6 Å². The van der Waals surface area contributed by atoms with Gasteiger partial charge in [0.2, 0.25) is 0 Å². The third-order valence-electron chi connectivity index (χ3n) is 5.35. The Morgan fingerprint density at radius 2 is 2.07 bits per heavy atom. The van der Waals surface area contributed by atoms with Crippen molar-refractivity contribution in [1.82, 2.24) is 15.6 Å². The molecule has 0 atom stereocenters. The molecule has 1 aromatic heterocycles. The lowest BCUT2D eigenvalue weighted by Crippen LogP contribution is -2.41. The Morgan fingerprint density at radius 3 is 2.73 bits per heavy atom. The van der Waals surface area contributed by atoms with E-state index in [0.717, 1.165) is 63.0 Å². The zero-order chi connectivity index (χ0) is 20.5. The average Bonchev–Trinajstić information content (AvgIpc) is 3.21. The summed E-state index contributed by atoms with van der Waals surface area (Å²) in [4.78, 5) is 10.8. The van der Waals surface area contributed by atoms with Gasteiger partial charge in [-0.1, -0.05) is 30.7 Å². The van der Waals surface area contributed by atoms with Crippen molar-refractivity contribution in [3.63, 3.8) is 0 Å². The molecule has 30 heavy (non-hydrogen) atoms. The van der Waals surface area contributed by atoms with E-state index >= 15 is 0 Å². The molecule has 0 saturated carbocycles. The molecule has 8 heteroatoms. The highest BCUT2D eigenvalue weighted by Gasteiger charge is 2.34. The van der Waals surface area contributed by atoms with Gasteiger partial charge in [-0.25, -0.2) is 4.98 Å². The summed E-state index contributed by atoms with van der Waals surface area (Å²) in [5.41, 5.74) is 1.22. The molecule has 1 fully saturated rings. The predicted octanol–water partition coefficient (Wildman–Crippen LogP) is 4.82. The van der Waals surface area contributed by atoms with Crippen molar-refractivity contribution in [2.75, 3.05) is 32.8 Å². The van der Waals surface area contributed by atoms with Gasteiger partial charge in [-0.2, -0.15) is 0 Å². The number of rotatable bonds is 8. The molecule has 1 aliphatic heterocycles. The minimum Gasteiger partial charge on any atom is -0.381 e. The molecule has 3 rings (SSSR count). The molecule has 1 saturated heterocycles. The first-order chi connectivity index (χ1) is 14.1. The van der Waals surface area contributed by atoms with Crippen LogP contribution in [0.3, 0.4) is 0 Å². The zero-order valence-electron chi connectivity index (χ0n) is 17.7. The summed E-state index contributed by atoms with van der Waals surface area (Å²) >= 11 is 8.07. The normalized spacial score (nSPS) is 16.0. The van der Waals surface area contributed by atoms with Gasteiger partial charge in [0.05, 0.1) is 11.6 Å². The smallest absolute Gasteiger partial charge is 0.191 e. The van der Waals surface area contributed by atoms with Crippen LogP contribution in [0.15, 0.2) is 35.5 Å². The number of benzene rings is 1. The second kappa shape index (κ2) is 12.8. The van der Waals surface area contributed by atoms with Crippen LogP contribution in [0.4, 0.5) is 0 Å². The number of hydrogen-bond acceptors (Lipinski definition) is 4. The van der Waals surface area contributed by atoms with E-state index in [2.05, 4.69) is 41.6 Å². The number of ether oxygens (including phenoxy) is 1. The number of hydrogen-bond donors (Lipinski definition) is 2. The second-order valence-corrected chi connectivity index (χ2v) is 8.99. The van der Waals surface area contributed by atoms with Crippen molar-refractivity contribution in [2.24, 2.45) is 4.99 Å². The van der Waals surface area contributed by atoms with Crippen molar-refractivity contribution < 1.29 is 4.74 Å². The summed E-state index contributed by atoms with van der Waals surface area (Å²) in [7, 11) is 0. The minimum absolute atomic E-state index is 0. The molecule has 2 N–H and O–H groups in total. The van der Waals surface area contributed by atoms with Crippen molar-refractivity contribution in [3.8, 4) is 0 Å². The van der Waals surface area contributed by atoms with Crippen LogP contribution in [0.2, 0.25) is 5.02 Å². The van der Waals surface area contributed by atoms with Gasteiger partial charge in [-0.15, -0.1) is 35.3 Å². The van der Waals surface area contributed by atoms with E-state index < -0.39 is 0 Å². The molecule has 1 aromatic carbocycles. The number of aliphatic imine (C=N–C) groups is 1. The van der Waals surface area contributed by atoms with Gasteiger partial charge >= 0.3 is 0 Å². The van der Waals surface area contributed by atoms with E-state index in [4.69, 9.17) is 21.3 Å². The lowest BCUT2D eigenvalue weighted by Gasteiger charge is -2.36. The quantitative estimate of drug-likeness (QED) is 0.275. The van der Waals surface area contributed by atoms with Gasteiger partial charge in [0, 0.05) is 54.2 Å². The predicted molar refractivity (Wildman–Crippen MR) is 138 cm³/mol. The molecule has 1 aliphatic rings. The Labute approximate surface area is 206 Å². The molecular weight excluding hydrogens is 531 g/mol. The van der Waals surface area contributed by atoms with Crippen LogP contribution in [0.1, 0.15) is 42.1 Å². The lowest BCUT2D eigenvalue weighted by atomic mass is 9.74. The van der Waals surface area contributed by atoms with Crippen molar-refractivity contribution in [3.05, 3.63) is 50.9 Å². The van der Waals surface area contributed by atoms with Gasteiger partial charge in [0.15, 0.2) is 5.96 Å². The van der Waals surface area contributed by atoms with Crippen LogP contribution >= 0.6 is 46.9 Å². The maximum absolute atomic E-state index is 6.28. The maximum atomic E-state index is 6.28. The lowest BCUT2D eigenvalue weighted by molar-refractivity contribution is 0.0531. The molecule has 0 aliphatic carbocycles. The fourth-order valence-corrected chi connectivity index (χ4v) is 4.66. The summed E-state index contributed by atoms with van der Waals surface area (Å²) in [6, 6.07) is 8.20. The number of aryl methyl sites for hydroxylation is 1. The van der Waals surface area contributed by atoms with E-state index in [1.165, 1.54) is 15.4 Å². The number of halogens is 2. The maximum Gasteiger partial charge on any atom is 0.191 e. The van der Waals surface area contributed by atoms with Crippen molar-refractivity contribution in [1.29, 1.82) is 0 Å². The second-order valence-electron chi connectivity index (χ2n) is 7.35. The molecule has 2 heterocycles. The topological polar surface area (TPSA) is 58.5 Å². The molecular formula is C22H32ClIN4OS. The first-order valence-corrected chi connectivity index (χ1v) is 11.6. The Bertz CT molecular complexity index is 808. The molecule has 5 nitrogen and oxygen atoms in total. The SMILES string of the molecule is CCNC(=NCC1(c2cccc(Cl)c2)CCOCC1)NCCc1ncc(CC)s1.I. The molecule has 0 amide bonds. The minimum atomic E-state index is -0.0309. The average molecular weight is 563 g/mol. The fraction of sp³-hybridized carbons (Fsp3) is 0.545. The summed E-state index contributed by atoms with van der Waals surface area (Å²) in [6.07, 6.45) is 5.84. The van der Waals surface area contributed by atoms with Gasteiger partial charge in [0.25, 0.3) is 0 Å². The highest BCUT2D eigenvalue weighted by Crippen LogP contribution is 2.36. The van der Waals surface area contributed by atoms with Crippen molar-refractivity contribution in [2.45, 2.75) is 44.9 Å². The van der Waals surface area contributed by atoms with Crippen LogP contribution in [0, 0.1) is 0 Å². The third-order valence-corrected chi connectivity index (χ3v) is 6.79. The Balaban J connectivity index is 0.00000320. The van der Waals surface area contributed by atoms with E-state index in [0.29, 0.717) is 6.54 Å². The number of guanidine groups is 1.